The lowest BCUT2D eigenvalue weighted by molar-refractivity contribution is 0.329. The predicted octanol–water partition coefficient (Wildman–Crippen LogP) is 7.35. The number of thioether (sulfide) groups is 1. The van der Waals surface area contributed by atoms with Crippen LogP contribution in [-0.4, -0.2) is 27.1 Å². The van der Waals surface area contributed by atoms with Crippen LogP contribution in [0.4, 0.5) is 0 Å². The fourth-order valence-corrected chi connectivity index (χ4v) is 5.73. The first kappa shape index (κ1) is 22.3. The molecule has 1 aromatic heterocycles. The number of rotatable bonds is 8. The van der Waals surface area contributed by atoms with Crippen LogP contribution in [0.15, 0.2) is 71.9 Å². The predicted molar refractivity (Wildman–Crippen MR) is 137 cm³/mol. The summed E-state index contributed by atoms with van der Waals surface area (Å²) in [6.45, 7) is 0.574. The van der Waals surface area contributed by atoms with Gasteiger partial charge in [-0.3, -0.25) is 0 Å². The van der Waals surface area contributed by atoms with Crippen molar-refractivity contribution in [3.05, 3.63) is 83.1 Å². The summed E-state index contributed by atoms with van der Waals surface area (Å²) in [7, 11) is 0. The minimum absolute atomic E-state index is 0.478. The molecule has 0 N–H and O–H groups in total. The van der Waals surface area contributed by atoms with Gasteiger partial charge >= 0.3 is 0 Å². The molecular weight excluding hydrogens is 450 g/mol. The first-order valence-corrected chi connectivity index (χ1v) is 13.1. The first-order chi connectivity index (χ1) is 16.3. The maximum absolute atomic E-state index is 6.21. The average molecular weight is 478 g/mol. The van der Waals surface area contributed by atoms with Crippen LogP contribution in [0.2, 0.25) is 5.02 Å². The smallest absolute Gasteiger partial charge is 0.191 e. The largest absolute Gasteiger partial charge is 0.491 e. The van der Waals surface area contributed by atoms with E-state index in [1.165, 1.54) is 48.4 Å². The third kappa shape index (κ3) is 5.20. The zero-order chi connectivity index (χ0) is 22.5. The zero-order valence-electron chi connectivity index (χ0n) is 18.6. The number of hydrogen-bond acceptors (Lipinski definition) is 4. The lowest BCUT2D eigenvalue weighted by Crippen LogP contribution is -2.17. The van der Waals surface area contributed by atoms with Gasteiger partial charge in [0, 0.05) is 18.2 Å². The van der Waals surface area contributed by atoms with Gasteiger partial charge in [-0.25, -0.2) is 0 Å². The molecule has 1 aliphatic carbocycles. The van der Waals surface area contributed by atoms with Crippen molar-refractivity contribution in [2.24, 2.45) is 0 Å². The summed E-state index contributed by atoms with van der Waals surface area (Å²) >= 11 is 7.93. The minimum atomic E-state index is 0.478. The van der Waals surface area contributed by atoms with Crippen molar-refractivity contribution in [2.45, 2.75) is 49.7 Å². The number of fused-ring (bicyclic) bond motifs is 1. The third-order valence-electron chi connectivity index (χ3n) is 6.31. The molecule has 0 radical (unpaired) electrons. The Balaban J connectivity index is 1.35. The second-order valence-electron chi connectivity index (χ2n) is 8.50. The Bertz CT molecular complexity index is 1210. The molecule has 0 amide bonds. The molecule has 4 aromatic rings. The van der Waals surface area contributed by atoms with E-state index in [2.05, 4.69) is 57.2 Å². The molecule has 1 heterocycles. The number of ether oxygens (including phenoxy) is 1. The van der Waals surface area contributed by atoms with Gasteiger partial charge in [-0.2, -0.15) is 0 Å². The fourth-order valence-electron chi connectivity index (χ4n) is 4.70. The van der Waals surface area contributed by atoms with Crippen LogP contribution < -0.4 is 4.74 Å². The normalized spacial score (nSPS) is 14.6. The van der Waals surface area contributed by atoms with Crippen LogP contribution in [0.1, 0.15) is 49.5 Å². The van der Waals surface area contributed by atoms with E-state index < -0.39 is 0 Å². The van der Waals surface area contributed by atoms with Gasteiger partial charge in [0.15, 0.2) is 5.16 Å². The van der Waals surface area contributed by atoms with Crippen LogP contribution in [0.25, 0.3) is 10.8 Å². The van der Waals surface area contributed by atoms with Crippen molar-refractivity contribution in [3.63, 3.8) is 0 Å². The summed E-state index contributed by atoms with van der Waals surface area (Å²) < 4.78 is 8.30. The number of nitrogens with zero attached hydrogens (tertiary/aromatic N) is 3. The van der Waals surface area contributed by atoms with E-state index in [1.54, 1.807) is 11.8 Å². The van der Waals surface area contributed by atoms with Crippen molar-refractivity contribution in [3.8, 4) is 5.75 Å². The summed E-state index contributed by atoms with van der Waals surface area (Å²) in [5.74, 6) is 2.59. The van der Waals surface area contributed by atoms with Crippen molar-refractivity contribution in [1.82, 2.24) is 14.8 Å². The topological polar surface area (TPSA) is 39.9 Å². The summed E-state index contributed by atoms with van der Waals surface area (Å²) in [6, 6.07) is 23.2. The molecule has 1 fully saturated rings. The molecule has 0 spiro atoms. The van der Waals surface area contributed by atoms with Gasteiger partial charge in [0.05, 0.1) is 11.6 Å². The zero-order valence-corrected chi connectivity index (χ0v) is 20.2. The molecule has 33 heavy (non-hydrogen) atoms. The second-order valence-corrected chi connectivity index (χ2v) is 9.97. The Labute approximate surface area is 204 Å². The summed E-state index contributed by atoms with van der Waals surface area (Å²) in [5.41, 5.74) is 1.30. The Morgan fingerprint density at radius 1 is 0.909 bits per heavy atom. The lowest BCUT2D eigenvalue weighted by Gasteiger charge is -2.25. The molecule has 170 valence electrons. The van der Waals surface area contributed by atoms with Gasteiger partial charge in [-0.15, -0.1) is 10.2 Å². The van der Waals surface area contributed by atoms with Crippen molar-refractivity contribution in [1.29, 1.82) is 0 Å². The molecule has 0 aliphatic heterocycles. The van der Waals surface area contributed by atoms with Gasteiger partial charge in [-0.1, -0.05) is 97.2 Å². The molecule has 0 bridgehead atoms. The molecule has 1 saturated carbocycles. The van der Waals surface area contributed by atoms with Gasteiger partial charge in [0.1, 0.15) is 11.6 Å². The number of benzene rings is 3. The van der Waals surface area contributed by atoms with Gasteiger partial charge < -0.3 is 9.30 Å². The summed E-state index contributed by atoms with van der Waals surface area (Å²) in [6.07, 6.45) is 7.06. The minimum Gasteiger partial charge on any atom is -0.491 e. The lowest BCUT2D eigenvalue weighted by atomic mass is 9.95. The Kier molecular flexibility index (Phi) is 7.18. The molecule has 4 nitrogen and oxygen atoms in total. The van der Waals surface area contributed by atoms with Gasteiger partial charge in [0.25, 0.3) is 0 Å². The quantitative estimate of drug-likeness (QED) is 0.196. The first-order valence-electron chi connectivity index (χ1n) is 11.7. The van der Waals surface area contributed by atoms with Crippen LogP contribution in [-0.2, 0) is 6.42 Å². The van der Waals surface area contributed by atoms with E-state index in [4.69, 9.17) is 16.3 Å². The van der Waals surface area contributed by atoms with Crippen LogP contribution in [0, 0.1) is 0 Å². The number of aromatic nitrogens is 3. The molecule has 5 rings (SSSR count). The number of hydrogen-bond donors (Lipinski definition) is 0. The molecule has 0 saturated heterocycles. The van der Waals surface area contributed by atoms with E-state index in [1.807, 2.05) is 24.3 Å². The van der Waals surface area contributed by atoms with E-state index in [9.17, 15) is 0 Å². The SMILES string of the molecule is Clc1ccccc1OCCSc1nnc(Cc2cccc3ccccc23)n1C1CCCCC1. The van der Waals surface area contributed by atoms with Gasteiger partial charge in [-0.05, 0) is 41.3 Å². The molecule has 0 unspecified atom stereocenters. The molecule has 3 aromatic carbocycles. The van der Waals surface area contributed by atoms with Crippen molar-refractivity contribution < 1.29 is 4.74 Å². The maximum atomic E-state index is 6.21. The van der Waals surface area contributed by atoms with Crippen LogP contribution in [0.3, 0.4) is 0 Å². The van der Waals surface area contributed by atoms with Crippen LogP contribution in [0.5, 0.6) is 5.75 Å². The van der Waals surface area contributed by atoms with Crippen molar-refractivity contribution in [2.75, 3.05) is 12.4 Å². The molecular formula is C27H28ClN3OS. The highest BCUT2D eigenvalue weighted by Gasteiger charge is 2.23. The fraction of sp³-hybridized carbons (Fsp3) is 0.333. The van der Waals surface area contributed by atoms with E-state index in [0.29, 0.717) is 17.7 Å². The highest BCUT2D eigenvalue weighted by Crippen LogP contribution is 2.34. The Morgan fingerprint density at radius 3 is 2.58 bits per heavy atom. The monoisotopic (exact) mass is 477 g/mol. The number of halogens is 1. The van der Waals surface area contributed by atoms with E-state index >= 15 is 0 Å². The Morgan fingerprint density at radius 2 is 1.70 bits per heavy atom. The van der Waals surface area contributed by atoms with E-state index in [-0.39, 0.29) is 0 Å². The van der Waals surface area contributed by atoms with Crippen molar-refractivity contribution >= 4 is 34.1 Å². The maximum Gasteiger partial charge on any atom is 0.191 e. The molecule has 1 aliphatic rings. The standard InChI is InChI=1S/C27H28ClN3OS/c28-24-15-6-7-16-25(24)32-17-18-33-27-30-29-26(31(27)22-12-2-1-3-13-22)19-21-11-8-10-20-9-4-5-14-23(20)21/h4-11,14-16,22H,1-3,12-13,17-19H2. The average Bonchev–Trinajstić information content (AvgIpc) is 3.26. The Hall–Kier alpha value is -2.50. The van der Waals surface area contributed by atoms with Crippen LogP contribution >= 0.6 is 23.4 Å². The summed E-state index contributed by atoms with van der Waals surface area (Å²) in [5, 5.41) is 13.5. The molecule has 0 atom stereocenters. The van der Waals surface area contributed by atoms with Gasteiger partial charge in [0.2, 0.25) is 0 Å². The second kappa shape index (κ2) is 10.6. The third-order valence-corrected chi connectivity index (χ3v) is 7.53. The highest BCUT2D eigenvalue weighted by atomic mass is 35.5. The van der Waals surface area contributed by atoms with E-state index in [0.717, 1.165) is 28.9 Å². The summed E-state index contributed by atoms with van der Waals surface area (Å²) in [4.78, 5) is 0. The number of para-hydroxylation sites is 1. The molecule has 6 heteroatoms. The highest BCUT2D eigenvalue weighted by molar-refractivity contribution is 7.99.